The van der Waals surface area contributed by atoms with Crippen LogP contribution in [0.4, 0.5) is 0 Å². The molecule has 0 saturated carbocycles. The molecule has 0 N–H and O–H groups in total. The molecule has 1 rings (SSSR count). The first-order valence-corrected chi connectivity index (χ1v) is 7.62. The lowest BCUT2D eigenvalue weighted by Gasteiger charge is -2.08. The summed E-state index contributed by atoms with van der Waals surface area (Å²) in [5.41, 5.74) is 2.38. The molecule has 1 aromatic carbocycles. The molecular formula is C18H26O4. The highest BCUT2D eigenvalue weighted by Gasteiger charge is 2.03. The highest BCUT2D eigenvalue weighted by atomic mass is 16.5. The van der Waals surface area contributed by atoms with Crippen LogP contribution in [-0.4, -0.2) is 26.8 Å². The Bertz CT molecular complexity index is 484. The van der Waals surface area contributed by atoms with Crippen molar-refractivity contribution in [1.29, 1.82) is 0 Å². The van der Waals surface area contributed by atoms with E-state index in [1.54, 1.807) is 14.2 Å². The molecule has 4 nitrogen and oxygen atoms in total. The maximum atomic E-state index is 11.3. The molecule has 0 unspecified atom stereocenters. The number of allylic oxidation sites excluding steroid dienone is 2. The Morgan fingerprint density at radius 3 is 2.27 bits per heavy atom. The Hall–Kier alpha value is -1.97. The van der Waals surface area contributed by atoms with Crippen LogP contribution in [0.3, 0.4) is 0 Å². The summed E-state index contributed by atoms with van der Waals surface area (Å²) < 4.78 is 15.5. The van der Waals surface area contributed by atoms with Crippen molar-refractivity contribution in [2.75, 3.05) is 20.8 Å². The van der Waals surface area contributed by atoms with Gasteiger partial charge in [-0.2, -0.15) is 0 Å². The summed E-state index contributed by atoms with van der Waals surface area (Å²) in [5, 5.41) is 0. The maximum absolute atomic E-state index is 11.3. The van der Waals surface area contributed by atoms with E-state index in [0.29, 0.717) is 13.0 Å². The Labute approximate surface area is 133 Å². The van der Waals surface area contributed by atoms with Crippen molar-refractivity contribution < 1.29 is 19.0 Å². The van der Waals surface area contributed by atoms with E-state index >= 15 is 0 Å². The summed E-state index contributed by atoms with van der Waals surface area (Å²) in [6.45, 7) is 4.31. The van der Waals surface area contributed by atoms with Gasteiger partial charge in [0.2, 0.25) is 0 Å². The molecule has 0 aliphatic carbocycles. The summed E-state index contributed by atoms with van der Waals surface area (Å²) >= 11 is 0. The van der Waals surface area contributed by atoms with E-state index in [-0.39, 0.29) is 5.97 Å². The first-order valence-electron chi connectivity index (χ1n) is 7.62. The van der Waals surface area contributed by atoms with E-state index in [1.165, 1.54) is 11.1 Å². The van der Waals surface area contributed by atoms with Crippen molar-refractivity contribution in [2.24, 2.45) is 0 Å². The fourth-order valence-electron chi connectivity index (χ4n) is 2.13. The molecule has 1 aromatic rings. The van der Waals surface area contributed by atoms with Crippen LogP contribution >= 0.6 is 0 Å². The molecule has 4 heteroatoms. The van der Waals surface area contributed by atoms with Gasteiger partial charge < -0.3 is 14.2 Å². The molecule has 0 saturated heterocycles. The lowest BCUT2D eigenvalue weighted by molar-refractivity contribution is -0.143. The number of benzene rings is 1. The van der Waals surface area contributed by atoms with Crippen molar-refractivity contribution in [1.82, 2.24) is 0 Å². The topological polar surface area (TPSA) is 44.8 Å². The third-order valence-corrected chi connectivity index (χ3v) is 3.37. The maximum Gasteiger partial charge on any atom is 0.306 e. The molecule has 0 aromatic heterocycles. The Morgan fingerprint density at radius 2 is 1.73 bits per heavy atom. The Balaban J connectivity index is 2.48. The van der Waals surface area contributed by atoms with E-state index in [0.717, 1.165) is 30.8 Å². The van der Waals surface area contributed by atoms with Crippen molar-refractivity contribution in [3.05, 3.63) is 35.4 Å². The van der Waals surface area contributed by atoms with Crippen LogP contribution in [0.25, 0.3) is 0 Å². The lowest BCUT2D eigenvalue weighted by Crippen LogP contribution is -2.03. The normalized spacial score (nSPS) is 11.2. The molecule has 122 valence electrons. The molecule has 0 spiro atoms. The molecular weight excluding hydrogens is 280 g/mol. The smallest absolute Gasteiger partial charge is 0.306 e. The van der Waals surface area contributed by atoms with E-state index in [2.05, 4.69) is 6.08 Å². The van der Waals surface area contributed by atoms with Gasteiger partial charge in [0.1, 0.15) is 11.5 Å². The van der Waals surface area contributed by atoms with Crippen LogP contribution in [0.5, 0.6) is 11.5 Å². The Kier molecular flexibility index (Phi) is 8.11. The highest BCUT2D eigenvalue weighted by Crippen LogP contribution is 2.23. The van der Waals surface area contributed by atoms with Crippen molar-refractivity contribution in [3.8, 4) is 11.5 Å². The zero-order valence-electron chi connectivity index (χ0n) is 14.0. The summed E-state index contributed by atoms with van der Waals surface area (Å²) in [5.74, 6) is 1.47. The molecule has 0 aliphatic rings. The molecule has 0 fully saturated rings. The standard InChI is InChI=1S/C18H26O4/c1-5-22-18(19)10-9-14(2)7-6-8-15-11-16(20-3)13-17(12-15)21-4/h7,11-13H,5-6,8-10H2,1-4H3/b14-7+. The van der Waals surface area contributed by atoms with Crippen LogP contribution < -0.4 is 9.47 Å². The van der Waals surface area contributed by atoms with Crippen molar-refractivity contribution in [2.45, 2.75) is 39.5 Å². The van der Waals surface area contributed by atoms with Gasteiger partial charge in [-0.3, -0.25) is 4.79 Å². The number of esters is 1. The quantitative estimate of drug-likeness (QED) is 0.512. The minimum atomic E-state index is -0.132. The predicted octanol–water partition coefficient (Wildman–Crippen LogP) is 3.93. The second-order valence-electron chi connectivity index (χ2n) is 5.12. The van der Waals surface area contributed by atoms with Crippen molar-refractivity contribution in [3.63, 3.8) is 0 Å². The summed E-state index contributed by atoms with van der Waals surface area (Å²) in [7, 11) is 3.30. The highest BCUT2D eigenvalue weighted by molar-refractivity contribution is 5.69. The number of rotatable bonds is 9. The van der Waals surface area contributed by atoms with Gasteiger partial charge in [-0.05, 0) is 50.8 Å². The average Bonchev–Trinajstić information content (AvgIpc) is 2.52. The number of hydrogen-bond acceptors (Lipinski definition) is 4. The zero-order valence-corrected chi connectivity index (χ0v) is 14.0. The minimum absolute atomic E-state index is 0.132. The molecule has 22 heavy (non-hydrogen) atoms. The van der Waals surface area contributed by atoms with Crippen LogP contribution in [0, 0.1) is 0 Å². The monoisotopic (exact) mass is 306 g/mol. The number of carbonyl (C=O) groups excluding carboxylic acids is 1. The second-order valence-corrected chi connectivity index (χ2v) is 5.12. The van der Waals surface area contributed by atoms with Crippen LogP contribution in [0.2, 0.25) is 0 Å². The number of carbonyl (C=O) groups is 1. The van der Waals surface area contributed by atoms with Crippen LogP contribution in [0.15, 0.2) is 29.8 Å². The first-order chi connectivity index (χ1) is 10.6. The molecule has 0 heterocycles. The van der Waals surface area contributed by atoms with E-state index in [4.69, 9.17) is 14.2 Å². The number of aryl methyl sites for hydroxylation is 1. The largest absolute Gasteiger partial charge is 0.497 e. The van der Waals surface area contributed by atoms with E-state index in [9.17, 15) is 4.79 Å². The zero-order chi connectivity index (χ0) is 16.4. The molecule has 0 atom stereocenters. The Morgan fingerprint density at radius 1 is 1.09 bits per heavy atom. The minimum Gasteiger partial charge on any atom is -0.497 e. The van der Waals surface area contributed by atoms with E-state index < -0.39 is 0 Å². The van der Waals surface area contributed by atoms with Gasteiger partial charge in [-0.25, -0.2) is 0 Å². The summed E-state index contributed by atoms with van der Waals surface area (Å²) in [6.07, 6.45) is 5.20. The molecule has 0 radical (unpaired) electrons. The fourth-order valence-corrected chi connectivity index (χ4v) is 2.13. The SMILES string of the molecule is CCOC(=O)CC/C(C)=C/CCc1cc(OC)cc(OC)c1. The molecule has 0 bridgehead atoms. The second kappa shape index (κ2) is 9.87. The van der Waals surface area contributed by atoms with Crippen molar-refractivity contribution >= 4 is 5.97 Å². The number of hydrogen-bond donors (Lipinski definition) is 0. The third-order valence-electron chi connectivity index (χ3n) is 3.37. The van der Waals surface area contributed by atoms with Gasteiger partial charge in [0.25, 0.3) is 0 Å². The third kappa shape index (κ3) is 6.66. The van der Waals surface area contributed by atoms with Gasteiger partial charge in [0, 0.05) is 12.5 Å². The summed E-state index contributed by atoms with van der Waals surface area (Å²) in [4.78, 5) is 11.3. The average molecular weight is 306 g/mol. The van der Waals surface area contributed by atoms with E-state index in [1.807, 2.05) is 32.0 Å². The molecule has 0 aliphatic heterocycles. The first kappa shape index (κ1) is 18.1. The van der Waals surface area contributed by atoms with Crippen LogP contribution in [0.1, 0.15) is 38.7 Å². The van der Waals surface area contributed by atoms with Gasteiger partial charge in [-0.1, -0.05) is 11.6 Å². The lowest BCUT2D eigenvalue weighted by atomic mass is 10.1. The number of ether oxygens (including phenoxy) is 3. The summed E-state index contributed by atoms with van der Waals surface area (Å²) in [6, 6.07) is 5.90. The molecule has 0 amide bonds. The fraction of sp³-hybridized carbons (Fsp3) is 0.500. The van der Waals surface area contributed by atoms with Gasteiger partial charge in [0.05, 0.1) is 20.8 Å². The number of methoxy groups -OCH3 is 2. The van der Waals surface area contributed by atoms with Gasteiger partial charge in [-0.15, -0.1) is 0 Å². The van der Waals surface area contributed by atoms with Crippen LogP contribution in [-0.2, 0) is 16.0 Å². The predicted molar refractivity (Wildman–Crippen MR) is 87.5 cm³/mol. The van der Waals surface area contributed by atoms with Gasteiger partial charge in [0.15, 0.2) is 0 Å². The van der Waals surface area contributed by atoms with Gasteiger partial charge >= 0.3 is 5.97 Å².